The predicted molar refractivity (Wildman–Crippen MR) is 60.3 cm³/mol. The van der Waals surface area contributed by atoms with E-state index < -0.39 is 12.3 Å². The molecule has 1 rings (SSSR count). The van der Waals surface area contributed by atoms with Crippen molar-refractivity contribution in [2.24, 2.45) is 0 Å². The van der Waals surface area contributed by atoms with Crippen LogP contribution < -0.4 is 0 Å². The molecule has 5 nitrogen and oxygen atoms in total. The SMILES string of the molecule is CCOC(=O)/C(C)=C/C=C/[C@H]1OC(=O)O[C@@H]1C. The maximum absolute atomic E-state index is 11.3. The number of hydrogen-bond acceptors (Lipinski definition) is 5. The first-order valence-electron chi connectivity index (χ1n) is 5.44. The van der Waals surface area contributed by atoms with Crippen molar-refractivity contribution in [3.8, 4) is 0 Å². The Bertz CT molecular complexity index is 356. The fraction of sp³-hybridized carbons (Fsp3) is 0.500. The summed E-state index contributed by atoms with van der Waals surface area (Å²) in [4.78, 5) is 22.0. The average molecular weight is 240 g/mol. The maximum atomic E-state index is 11.3. The lowest BCUT2D eigenvalue weighted by Gasteiger charge is -2.04. The van der Waals surface area contributed by atoms with Gasteiger partial charge in [0.15, 0.2) is 6.10 Å². The summed E-state index contributed by atoms with van der Waals surface area (Å²) in [5.74, 6) is -0.357. The monoisotopic (exact) mass is 240 g/mol. The summed E-state index contributed by atoms with van der Waals surface area (Å²) in [6, 6.07) is 0. The molecule has 0 saturated carbocycles. The van der Waals surface area contributed by atoms with Crippen molar-refractivity contribution in [1.82, 2.24) is 0 Å². The lowest BCUT2D eigenvalue weighted by atomic mass is 10.2. The van der Waals surface area contributed by atoms with E-state index in [9.17, 15) is 9.59 Å². The average Bonchev–Trinajstić information content (AvgIpc) is 2.57. The molecule has 94 valence electrons. The third-order valence-corrected chi connectivity index (χ3v) is 2.22. The van der Waals surface area contributed by atoms with E-state index >= 15 is 0 Å². The molecule has 1 fully saturated rings. The van der Waals surface area contributed by atoms with Crippen molar-refractivity contribution >= 4 is 12.1 Å². The van der Waals surface area contributed by atoms with Gasteiger partial charge in [0, 0.05) is 5.57 Å². The summed E-state index contributed by atoms with van der Waals surface area (Å²) in [6.45, 7) is 5.49. The molecule has 5 heteroatoms. The zero-order valence-corrected chi connectivity index (χ0v) is 10.1. The summed E-state index contributed by atoms with van der Waals surface area (Å²) < 4.78 is 14.5. The van der Waals surface area contributed by atoms with Gasteiger partial charge in [0.25, 0.3) is 0 Å². The van der Waals surface area contributed by atoms with Crippen molar-refractivity contribution in [3.05, 3.63) is 23.8 Å². The number of carbonyl (C=O) groups is 2. The minimum absolute atomic E-state index is 0.310. The van der Waals surface area contributed by atoms with Crippen LogP contribution in [0.1, 0.15) is 20.8 Å². The molecule has 1 heterocycles. The van der Waals surface area contributed by atoms with Crippen molar-refractivity contribution < 1.29 is 23.8 Å². The Morgan fingerprint density at radius 1 is 1.47 bits per heavy atom. The molecular formula is C12H16O5. The Morgan fingerprint density at radius 2 is 2.18 bits per heavy atom. The van der Waals surface area contributed by atoms with Gasteiger partial charge in [-0.1, -0.05) is 12.2 Å². The van der Waals surface area contributed by atoms with E-state index in [1.165, 1.54) is 0 Å². The highest BCUT2D eigenvalue weighted by Crippen LogP contribution is 2.15. The van der Waals surface area contributed by atoms with E-state index in [0.717, 1.165) is 0 Å². The summed E-state index contributed by atoms with van der Waals surface area (Å²) in [6.07, 6.45) is 3.53. The Morgan fingerprint density at radius 3 is 2.71 bits per heavy atom. The first-order chi connectivity index (χ1) is 8.04. The van der Waals surface area contributed by atoms with Gasteiger partial charge in [-0.3, -0.25) is 0 Å². The van der Waals surface area contributed by atoms with Crippen LogP contribution in [-0.2, 0) is 19.0 Å². The molecule has 0 spiro atoms. The van der Waals surface area contributed by atoms with Gasteiger partial charge in [0.1, 0.15) is 6.10 Å². The lowest BCUT2D eigenvalue weighted by Crippen LogP contribution is -2.15. The number of carbonyl (C=O) groups excluding carboxylic acids is 2. The van der Waals surface area contributed by atoms with Crippen LogP contribution in [0.4, 0.5) is 4.79 Å². The number of allylic oxidation sites excluding steroid dienone is 2. The summed E-state index contributed by atoms with van der Waals surface area (Å²) in [5, 5.41) is 0. The minimum Gasteiger partial charge on any atom is -0.463 e. The molecular weight excluding hydrogens is 224 g/mol. The van der Waals surface area contributed by atoms with E-state index in [4.69, 9.17) is 14.2 Å². The first-order valence-corrected chi connectivity index (χ1v) is 5.44. The van der Waals surface area contributed by atoms with Crippen LogP contribution >= 0.6 is 0 Å². The molecule has 17 heavy (non-hydrogen) atoms. The van der Waals surface area contributed by atoms with E-state index in [1.807, 2.05) is 0 Å². The Hall–Kier alpha value is -1.78. The fourth-order valence-electron chi connectivity index (χ4n) is 1.27. The van der Waals surface area contributed by atoms with Crippen molar-refractivity contribution in [3.63, 3.8) is 0 Å². The number of esters is 1. The largest absolute Gasteiger partial charge is 0.509 e. The molecule has 0 aromatic heterocycles. The number of rotatable bonds is 4. The molecule has 1 aliphatic heterocycles. The van der Waals surface area contributed by atoms with Gasteiger partial charge >= 0.3 is 12.1 Å². The fourth-order valence-corrected chi connectivity index (χ4v) is 1.27. The number of ether oxygens (including phenoxy) is 3. The molecule has 0 amide bonds. The van der Waals surface area contributed by atoms with E-state index in [2.05, 4.69) is 0 Å². The maximum Gasteiger partial charge on any atom is 0.509 e. The summed E-state index contributed by atoms with van der Waals surface area (Å²) in [5.41, 5.74) is 0.487. The highest BCUT2D eigenvalue weighted by Gasteiger charge is 2.30. The van der Waals surface area contributed by atoms with Crippen LogP contribution in [0.3, 0.4) is 0 Å². The smallest absolute Gasteiger partial charge is 0.463 e. The second kappa shape index (κ2) is 6.08. The van der Waals surface area contributed by atoms with Crippen LogP contribution in [0.15, 0.2) is 23.8 Å². The highest BCUT2D eigenvalue weighted by atomic mass is 16.8. The Kier molecular flexibility index (Phi) is 4.75. The van der Waals surface area contributed by atoms with Gasteiger partial charge in [-0.15, -0.1) is 0 Å². The molecule has 0 bridgehead atoms. The van der Waals surface area contributed by atoms with E-state index in [1.54, 1.807) is 39.0 Å². The molecule has 1 saturated heterocycles. The quantitative estimate of drug-likeness (QED) is 0.427. The molecule has 0 unspecified atom stereocenters. The van der Waals surface area contributed by atoms with Crippen molar-refractivity contribution in [1.29, 1.82) is 0 Å². The number of hydrogen-bond donors (Lipinski definition) is 0. The normalized spacial score (nSPS) is 24.6. The predicted octanol–water partition coefficient (Wildman–Crippen LogP) is 1.98. The highest BCUT2D eigenvalue weighted by molar-refractivity contribution is 5.88. The molecule has 1 aliphatic rings. The second-order valence-electron chi connectivity index (χ2n) is 3.61. The van der Waals surface area contributed by atoms with Crippen LogP contribution in [0.5, 0.6) is 0 Å². The molecule has 0 radical (unpaired) electrons. The Labute approximate surface area is 100 Å². The topological polar surface area (TPSA) is 61.8 Å². The number of cyclic esters (lactones) is 2. The van der Waals surface area contributed by atoms with E-state index in [-0.39, 0.29) is 12.1 Å². The summed E-state index contributed by atoms with van der Waals surface area (Å²) >= 11 is 0. The van der Waals surface area contributed by atoms with Gasteiger partial charge in [0.2, 0.25) is 0 Å². The first kappa shape index (κ1) is 13.3. The standard InChI is InChI=1S/C12H16O5/c1-4-15-11(13)8(2)6-5-7-10-9(3)16-12(14)17-10/h5-7,9-10H,4H2,1-3H3/b7-5+,8-6+/t9-,10-/m1/s1. The third kappa shape index (κ3) is 3.94. The molecule has 0 N–H and O–H groups in total. The third-order valence-electron chi connectivity index (χ3n) is 2.22. The lowest BCUT2D eigenvalue weighted by molar-refractivity contribution is -0.138. The van der Waals surface area contributed by atoms with Gasteiger partial charge < -0.3 is 14.2 Å². The molecule has 0 aromatic carbocycles. The zero-order chi connectivity index (χ0) is 12.8. The van der Waals surface area contributed by atoms with Crippen LogP contribution in [0.25, 0.3) is 0 Å². The van der Waals surface area contributed by atoms with Crippen LogP contribution in [0, 0.1) is 0 Å². The molecule has 0 aromatic rings. The second-order valence-corrected chi connectivity index (χ2v) is 3.61. The summed E-state index contributed by atoms with van der Waals surface area (Å²) in [7, 11) is 0. The van der Waals surface area contributed by atoms with Crippen LogP contribution in [0.2, 0.25) is 0 Å². The van der Waals surface area contributed by atoms with Gasteiger partial charge in [-0.25, -0.2) is 9.59 Å². The van der Waals surface area contributed by atoms with Crippen LogP contribution in [-0.4, -0.2) is 30.9 Å². The van der Waals surface area contributed by atoms with Crippen molar-refractivity contribution in [2.45, 2.75) is 33.0 Å². The van der Waals surface area contributed by atoms with Crippen molar-refractivity contribution in [2.75, 3.05) is 6.61 Å². The zero-order valence-electron chi connectivity index (χ0n) is 10.1. The van der Waals surface area contributed by atoms with Gasteiger partial charge in [0.05, 0.1) is 6.61 Å². The Balaban J connectivity index is 2.51. The van der Waals surface area contributed by atoms with Gasteiger partial charge in [-0.05, 0) is 26.8 Å². The van der Waals surface area contributed by atoms with Gasteiger partial charge in [-0.2, -0.15) is 0 Å². The molecule has 2 atom stereocenters. The minimum atomic E-state index is -0.668. The molecule has 0 aliphatic carbocycles. The van der Waals surface area contributed by atoms with E-state index in [0.29, 0.717) is 12.2 Å².